The summed E-state index contributed by atoms with van der Waals surface area (Å²) in [5, 5.41) is 2.93. The van der Waals surface area contributed by atoms with E-state index in [1.54, 1.807) is 0 Å². The van der Waals surface area contributed by atoms with Crippen molar-refractivity contribution in [3.8, 4) is 0 Å². The summed E-state index contributed by atoms with van der Waals surface area (Å²) in [6.07, 6.45) is 7.09. The van der Waals surface area contributed by atoms with Crippen LogP contribution in [0.4, 0.5) is 0 Å². The normalized spacial score (nSPS) is 27.5. The van der Waals surface area contributed by atoms with E-state index in [4.69, 9.17) is 0 Å². The van der Waals surface area contributed by atoms with Crippen molar-refractivity contribution in [1.82, 2.24) is 9.62 Å². The van der Waals surface area contributed by atoms with Crippen LogP contribution >= 0.6 is 0 Å². The summed E-state index contributed by atoms with van der Waals surface area (Å²) in [5.41, 5.74) is 0. The first kappa shape index (κ1) is 16.2. The summed E-state index contributed by atoms with van der Waals surface area (Å²) in [4.78, 5) is 0. The van der Waals surface area contributed by atoms with Crippen molar-refractivity contribution >= 4 is 10.0 Å². The van der Waals surface area contributed by atoms with Crippen LogP contribution in [0.1, 0.15) is 59.3 Å². The molecule has 5 heteroatoms. The third kappa shape index (κ3) is 3.55. The van der Waals surface area contributed by atoms with E-state index in [0.29, 0.717) is 18.5 Å². The number of sulfonamides is 1. The van der Waals surface area contributed by atoms with Gasteiger partial charge in [0.05, 0.1) is 5.25 Å². The summed E-state index contributed by atoms with van der Waals surface area (Å²) in [6.45, 7) is 7.23. The molecule has 0 amide bonds. The van der Waals surface area contributed by atoms with E-state index in [9.17, 15) is 8.42 Å². The Balaban J connectivity index is 2.03. The smallest absolute Gasteiger partial charge is 0.218 e. The van der Waals surface area contributed by atoms with Gasteiger partial charge in [-0.25, -0.2) is 8.42 Å². The molecule has 1 aliphatic carbocycles. The van der Waals surface area contributed by atoms with Crippen LogP contribution in [0.3, 0.4) is 0 Å². The van der Waals surface area contributed by atoms with Crippen LogP contribution in [-0.4, -0.2) is 43.1 Å². The van der Waals surface area contributed by atoms with Crippen molar-refractivity contribution in [2.24, 2.45) is 5.92 Å². The first-order valence-electron chi connectivity index (χ1n) is 8.17. The number of hydrogen-bond acceptors (Lipinski definition) is 3. The van der Waals surface area contributed by atoms with Gasteiger partial charge in [0.2, 0.25) is 10.0 Å². The number of nitrogens with zero attached hydrogens (tertiary/aromatic N) is 1. The largest absolute Gasteiger partial charge is 0.313 e. The standard InChI is InChI=1S/C15H30N2O2S/c1-12(2)16-11-13(3)20(18,19)17-10-6-9-15(17)14-7-4-5-8-14/h12-16H,4-11H2,1-3H3. The molecule has 1 saturated heterocycles. The van der Waals surface area contributed by atoms with E-state index < -0.39 is 10.0 Å². The lowest BCUT2D eigenvalue weighted by Gasteiger charge is -2.31. The highest BCUT2D eigenvalue weighted by molar-refractivity contribution is 7.89. The maximum absolute atomic E-state index is 12.8. The van der Waals surface area contributed by atoms with Crippen LogP contribution in [0.2, 0.25) is 0 Å². The summed E-state index contributed by atoms with van der Waals surface area (Å²) >= 11 is 0. The minimum absolute atomic E-state index is 0.281. The highest BCUT2D eigenvalue weighted by Crippen LogP contribution is 2.37. The minimum atomic E-state index is -3.15. The molecule has 4 nitrogen and oxygen atoms in total. The van der Waals surface area contributed by atoms with Crippen molar-refractivity contribution in [2.45, 2.75) is 76.6 Å². The zero-order valence-electron chi connectivity index (χ0n) is 13.1. The Hall–Kier alpha value is -0.130. The molecule has 1 N–H and O–H groups in total. The second-order valence-electron chi connectivity index (χ2n) is 6.78. The van der Waals surface area contributed by atoms with Gasteiger partial charge in [-0.2, -0.15) is 4.31 Å². The number of hydrogen-bond donors (Lipinski definition) is 1. The van der Waals surface area contributed by atoms with Gasteiger partial charge in [-0.3, -0.25) is 0 Å². The molecule has 1 aliphatic heterocycles. The van der Waals surface area contributed by atoms with Crippen molar-refractivity contribution in [3.05, 3.63) is 0 Å². The molecular formula is C15H30N2O2S. The molecule has 2 fully saturated rings. The zero-order valence-corrected chi connectivity index (χ0v) is 14.0. The summed E-state index contributed by atoms with van der Waals surface area (Å²) in [7, 11) is -3.15. The molecule has 2 aliphatic rings. The van der Waals surface area contributed by atoms with Crippen LogP contribution in [0, 0.1) is 5.92 Å². The number of nitrogens with one attached hydrogen (secondary N) is 1. The van der Waals surface area contributed by atoms with Gasteiger partial charge in [0, 0.05) is 25.2 Å². The molecule has 2 atom stereocenters. The second-order valence-corrected chi connectivity index (χ2v) is 9.09. The van der Waals surface area contributed by atoms with E-state index in [1.165, 1.54) is 25.7 Å². The lowest BCUT2D eigenvalue weighted by molar-refractivity contribution is 0.285. The summed E-state index contributed by atoms with van der Waals surface area (Å²) in [5.74, 6) is 0.609. The van der Waals surface area contributed by atoms with Crippen LogP contribution in [0.15, 0.2) is 0 Å². The zero-order chi connectivity index (χ0) is 14.8. The fraction of sp³-hybridized carbons (Fsp3) is 1.00. The molecule has 0 aromatic rings. The SMILES string of the molecule is CC(C)NCC(C)S(=O)(=O)N1CCCC1C1CCCC1. The van der Waals surface area contributed by atoms with Crippen LogP contribution < -0.4 is 5.32 Å². The van der Waals surface area contributed by atoms with Crippen LogP contribution in [-0.2, 0) is 10.0 Å². The average Bonchev–Trinajstić information content (AvgIpc) is 3.04. The predicted molar refractivity (Wildman–Crippen MR) is 83.2 cm³/mol. The van der Waals surface area contributed by atoms with Gasteiger partial charge in [0.1, 0.15) is 0 Å². The van der Waals surface area contributed by atoms with Gasteiger partial charge in [-0.15, -0.1) is 0 Å². The summed E-state index contributed by atoms with van der Waals surface area (Å²) in [6, 6.07) is 0.612. The van der Waals surface area contributed by atoms with Crippen molar-refractivity contribution in [2.75, 3.05) is 13.1 Å². The lowest BCUT2D eigenvalue weighted by Crippen LogP contribution is -2.46. The monoisotopic (exact) mass is 302 g/mol. The minimum Gasteiger partial charge on any atom is -0.313 e. The van der Waals surface area contributed by atoms with Gasteiger partial charge >= 0.3 is 0 Å². The van der Waals surface area contributed by atoms with Gasteiger partial charge in [0.25, 0.3) is 0 Å². The molecule has 1 saturated carbocycles. The Kier molecular flexibility index (Phi) is 5.49. The maximum atomic E-state index is 12.8. The fourth-order valence-electron chi connectivity index (χ4n) is 3.63. The molecule has 2 unspecified atom stereocenters. The topological polar surface area (TPSA) is 49.4 Å². The van der Waals surface area contributed by atoms with Crippen LogP contribution in [0.5, 0.6) is 0 Å². The average molecular weight is 302 g/mol. The van der Waals surface area contributed by atoms with Crippen molar-refractivity contribution < 1.29 is 8.42 Å². The number of rotatable bonds is 6. The second kappa shape index (κ2) is 6.75. The summed E-state index contributed by atoms with van der Waals surface area (Å²) < 4.78 is 27.4. The molecule has 1 heterocycles. The molecule has 0 aromatic carbocycles. The molecule has 2 rings (SSSR count). The first-order chi connectivity index (χ1) is 9.43. The molecule has 0 aromatic heterocycles. The third-order valence-corrected chi connectivity index (χ3v) is 7.13. The Morgan fingerprint density at radius 2 is 1.75 bits per heavy atom. The molecular weight excluding hydrogens is 272 g/mol. The highest BCUT2D eigenvalue weighted by atomic mass is 32.2. The Morgan fingerprint density at radius 3 is 2.35 bits per heavy atom. The van der Waals surface area contributed by atoms with E-state index in [-0.39, 0.29) is 11.3 Å². The van der Waals surface area contributed by atoms with E-state index in [0.717, 1.165) is 19.4 Å². The van der Waals surface area contributed by atoms with E-state index in [1.807, 2.05) is 11.2 Å². The van der Waals surface area contributed by atoms with Gasteiger partial charge in [-0.05, 0) is 38.5 Å². The molecule has 0 spiro atoms. The van der Waals surface area contributed by atoms with Crippen LogP contribution in [0.25, 0.3) is 0 Å². The van der Waals surface area contributed by atoms with Crippen molar-refractivity contribution in [1.29, 1.82) is 0 Å². The van der Waals surface area contributed by atoms with Gasteiger partial charge in [-0.1, -0.05) is 26.7 Å². The van der Waals surface area contributed by atoms with Crippen molar-refractivity contribution in [3.63, 3.8) is 0 Å². The van der Waals surface area contributed by atoms with E-state index >= 15 is 0 Å². The molecule has 0 bridgehead atoms. The van der Waals surface area contributed by atoms with Gasteiger partial charge < -0.3 is 5.32 Å². The Morgan fingerprint density at radius 1 is 1.10 bits per heavy atom. The Bertz CT molecular complexity index is 402. The maximum Gasteiger partial charge on any atom is 0.218 e. The lowest BCUT2D eigenvalue weighted by atomic mass is 9.97. The predicted octanol–water partition coefficient (Wildman–Crippen LogP) is 2.36. The fourth-order valence-corrected chi connectivity index (χ4v) is 5.44. The van der Waals surface area contributed by atoms with Gasteiger partial charge in [0.15, 0.2) is 0 Å². The first-order valence-corrected chi connectivity index (χ1v) is 9.67. The molecule has 118 valence electrons. The molecule has 0 radical (unpaired) electrons. The highest BCUT2D eigenvalue weighted by Gasteiger charge is 2.41. The Labute approximate surface area is 124 Å². The third-order valence-electron chi connectivity index (χ3n) is 4.84. The molecule has 20 heavy (non-hydrogen) atoms. The quantitative estimate of drug-likeness (QED) is 0.819. The van der Waals surface area contributed by atoms with E-state index in [2.05, 4.69) is 19.2 Å².